The van der Waals surface area contributed by atoms with Gasteiger partial charge in [-0.3, -0.25) is 4.57 Å². The van der Waals surface area contributed by atoms with Gasteiger partial charge in [0, 0.05) is 10.6 Å². The summed E-state index contributed by atoms with van der Waals surface area (Å²) in [4.78, 5) is 14.6. The van der Waals surface area contributed by atoms with Crippen LogP contribution in [0.3, 0.4) is 0 Å². The van der Waals surface area contributed by atoms with Gasteiger partial charge < -0.3 is 9.62 Å². The molecule has 1 aromatic heterocycles. The molecule has 0 bridgehead atoms. The number of rotatable bonds is 3. The highest BCUT2D eigenvalue weighted by atomic mass is 35.5. The van der Waals surface area contributed by atoms with Gasteiger partial charge in [0.25, 0.3) is 6.01 Å². The topological polar surface area (TPSA) is 45.5 Å². The molecule has 4 rings (SSSR count). The first kappa shape index (κ1) is 13.4. The summed E-state index contributed by atoms with van der Waals surface area (Å²) in [5.41, 5.74) is 3.90. The fraction of sp³-hybridized carbons (Fsp3) is 0.188. The number of methoxy groups -OCH3 is 1. The van der Waals surface area contributed by atoms with Crippen molar-refractivity contribution in [2.24, 2.45) is 0 Å². The number of halogens is 1. The van der Waals surface area contributed by atoms with Crippen molar-refractivity contribution >= 4 is 22.6 Å². The molecule has 0 radical (unpaired) electrons. The third kappa shape index (κ3) is 2.19. The van der Waals surface area contributed by atoms with E-state index in [0.717, 1.165) is 27.9 Å². The summed E-state index contributed by atoms with van der Waals surface area (Å²) >= 11 is 6.10. The number of hydrogen-bond donors (Lipinski definition) is 0. The number of imidazole rings is 1. The maximum Gasteiger partial charge on any atom is 0.297 e. The molecule has 1 aliphatic rings. The van der Waals surface area contributed by atoms with Crippen LogP contribution < -0.4 is 9.62 Å². The lowest BCUT2D eigenvalue weighted by Crippen LogP contribution is -2.03. The van der Waals surface area contributed by atoms with E-state index in [1.807, 2.05) is 41.0 Å². The maximum absolute atomic E-state index is 6.10. The van der Waals surface area contributed by atoms with E-state index in [-0.39, 0.29) is 0 Å². The minimum atomic E-state index is 0.489. The zero-order chi connectivity index (χ0) is 15.1. The van der Waals surface area contributed by atoms with Crippen molar-refractivity contribution in [3.05, 3.63) is 52.5 Å². The number of benzene rings is 2. The minimum absolute atomic E-state index is 0.489. The van der Waals surface area contributed by atoms with E-state index in [0.29, 0.717) is 24.2 Å². The normalized spacial score (nSPS) is 13.2. The van der Waals surface area contributed by atoms with Crippen LogP contribution in [0.15, 0.2) is 36.4 Å². The molecule has 0 aliphatic carbocycles. The molecule has 0 atom stereocenters. The van der Waals surface area contributed by atoms with E-state index >= 15 is 0 Å². The number of aromatic nitrogens is 2. The van der Waals surface area contributed by atoms with Crippen LogP contribution in [0.1, 0.15) is 11.1 Å². The van der Waals surface area contributed by atoms with Crippen LogP contribution in [0, 0.1) is 0 Å². The second kappa shape index (κ2) is 5.19. The van der Waals surface area contributed by atoms with Crippen molar-refractivity contribution in [2.75, 3.05) is 7.11 Å². The van der Waals surface area contributed by atoms with Gasteiger partial charge in [-0.2, -0.15) is 9.87 Å². The maximum atomic E-state index is 6.10. The Bertz CT molecular complexity index is 860. The Morgan fingerprint density at radius 3 is 3.05 bits per heavy atom. The number of fused-ring (bicyclic) bond motifs is 2. The van der Waals surface area contributed by atoms with Crippen LogP contribution in [-0.4, -0.2) is 16.7 Å². The van der Waals surface area contributed by atoms with Gasteiger partial charge in [0.2, 0.25) is 0 Å². The molecule has 0 N–H and O–H groups in total. The third-order valence-corrected chi connectivity index (χ3v) is 3.93. The molecule has 22 heavy (non-hydrogen) atoms. The molecule has 0 amide bonds. The Balaban J connectivity index is 1.78. The van der Waals surface area contributed by atoms with E-state index in [2.05, 4.69) is 4.98 Å². The second-order valence-electron chi connectivity index (χ2n) is 5.11. The van der Waals surface area contributed by atoms with Crippen molar-refractivity contribution in [3.8, 4) is 11.8 Å². The van der Waals surface area contributed by atoms with Gasteiger partial charge >= 0.3 is 0 Å². The van der Waals surface area contributed by atoms with Crippen molar-refractivity contribution in [1.82, 2.24) is 9.55 Å². The Morgan fingerprint density at radius 2 is 2.18 bits per heavy atom. The Hall–Kier alpha value is -2.24. The van der Waals surface area contributed by atoms with Crippen molar-refractivity contribution < 1.29 is 14.5 Å². The molecule has 0 saturated carbocycles. The minimum Gasteiger partial charge on any atom is -0.468 e. The second-order valence-corrected chi connectivity index (χ2v) is 5.54. The first-order valence-electron chi connectivity index (χ1n) is 6.85. The molecule has 6 heteroatoms. The molecule has 2 aromatic carbocycles. The van der Waals surface area contributed by atoms with Gasteiger partial charge in [-0.15, -0.1) is 0 Å². The average molecular weight is 317 g/mol. The third-order valence-electron chi connectivity index (χ3n) is 3.69. The van der Waals surface area contributed by atoms with Crippen LogP contribution >= 0.6 is 11.6 Å². The summed E-state index contributed by atoms with van der Waals surface area (Å²) in [5.74, 6) is 0.763. The number of hydrogen-bond acceptors (Lipinski definition) is 4. The summed E-state index contributed by atoms with van der Waals surface area (Å²) in [5, 5.41) is 0.669. The van der Waals surface area contributed by atoms with Crippen molar-refractivity contribution in [1.29, 1.82) is 0 Å². The largest absolute Gasteiger partial charge is 0.468 e. The standard InChI is InChI=1S/C16H13ClN2O3/c1-20-16-18-13-5-4-12(17)7-14(13)19(16)8-10-2-3-11-9-21-22-15(11)6-10/h2-7H,8-9H2,1H3. The average Bonchev–Trinajstić information content (AvgIpc) is 3.11. The molecular weight excluding hydrogens is 304 g/mol. The predicted molar refractivity (Wildman–Crippen MR) is 82.3 cm³/mol. The first-order chi connectivity index (χ1) is 10.7. The molecule has 5 nitrogen and oxygen atoms in total. The molecule has 2 heterocycles. The van der Waals surface area contributed by atoms with Gasteiger partial charge in [0.15, 0.2) is 5.75 Å². The fourth-order valence-corrected chi connectivity index (χ4v) is 2.78. The molecule has 3 aromatic rings. The van der Waals surface area contributed by atoms with E-state index in [1.54, 1.807) is 7.11 Å². The molecular formula is C16H13ClN2O3. The lowest BCUT2D eigenvalue weighted by atomic mass is 10.1. The zero-order valence-electron chi connectivity index (χ0n) is 11.9. The number of ether oxygens (including phenoxy) is 1. The van der Waals surface area contributed by atoms with Crippen molar-refractivity contribution in [2.45, 2.75) is 13.2 Å². The molecule has 0 unspecified atom stereocenters. The highest BCUT2D eigenvalue weighted by Crippen LogP contribution is 2.29. The summed E-state index contributed by atoms with van der Waals surface area (Å²) in [6, 6.07) is 12.2. The molecule has 0 fully saturated rings. The van der Waals surface area contributed by atoms with Gasteiger partial charge in [-0.1, -0.05) is 23.7 Å². The molecule has 0 saturated heterocycles. The highest BCUT2D eigenvalue weighted by Gasteiger charge is 2.16. The SMILES string of the molecule is COc1nc2ccc(Cl)cc2n1Cc1ccc2c(c1)OOC2. The van der Waals surface area contributed by atoms with Crippen LogP contribution in [0.25, 0.3) is 11.0 Å². The Labute approximate surface area is 131 Å². The number of nitrogens with zero attached hydrogens (tertiary/aromatic N) is 2. The zero-order valence-corrected chi connectivity index (χ0v) is 12.6. The van der Waals surface area contributed by atoms with E-state index in [1.165, 1.54) is 0 Å². The van der Waals surface area contributed by atoms with E-state index < -0.39 is 0 Å². The fourth-order valence-electron chi connectivity index (χ4n) is 2.62. The highest BCUT2D eigenvalue weighted by molar-refractivity contribution is 6.31. The smallest absolute Gasteiger partial charge is 0.297 e. The summed E-state index contributed by atoms with van der Waals surface area (Å²) < 4.78 is 7.37. The van der Waals surface area contributed by atoms with Crippen LogP contribution in [0.5, 0.6) is 11.8 Å². The summed E-state index contributed by atoms with van der Waals surface area (Å²) in [6.07, 6.45) is 0. The van der Waals surface area contributed by atoms with Gasteiger partial charge in [0.05, 0.1) is 24.7 Å². The van der Waals surface area contributed by atoms with Crippen molar-refractivity contribution in [3.63, 3.8) is 0 Å². The first-order valence-corrected chi connectivity index (χ1v) is 7.23. The summed E-state index contributed by atoms with van der Waals surface area (Å²) in [6.45, 7) is 1.10. The van der Waals surface area contributed by atoms with Crippen LogP contribution in [-0.2, 0) is 18.0 Å². The van der Waals surface area contributed by atoms with Crippen LogP contribution in [0.4, 0.5) is 0 Å². The van der Waals surface area contributed by atoms with Crippen LogP contribution in [0.2, 0.25) is 5.02 Å². The predicted octanol–water partition coefficient (Wildman–Crippen LogP) is 3.57. The summed E-state index contributed by atoms with van der Waals surface area (Å²) in [7, 11) is 1.61. The van der Waals surface area contributed by atoms with E-state index in [4.69, 9.17) is 26.1 Å². The quantitative estimate of drug-likeness (QED) is 0.693. The lowest BCUT2D eigenvalue weighted by Gasteiger charge is -2.09. The Kier molecular flexibility index (Phi) is 3.17. The molecule has 1 aliphatic heterocycles. The molecule has 112 valence electrons. The molecule has 0 spiro atoms. The van der Waals surface area contributed by atoms with Gasteiger partial charge in [-0.05, 0) is 29.8 Å². The van der Waals surface area contributed by atoms with Gasteiger partial charge in [-0.25, -0.2) is 0 Å². The monoisotopic (exact) mass is 316 g/mol. The Morgan fingerprint density at radius 1 is 1.27 bits per heavy atom. The lowest BCUT2D eigenvalue weighted by molar-refractivity contribution is -0.194. The van der Waals surface area contributed by atoms with Gasteiger partial charge in [0.1, 0.15) is 6.61 Å². The van der Waals surface area contributed by atoms with E-state index in [9.17, 15) is 0 Å².